The number of carbonyl (C=O) groups is 3. The normalized spacial score (nSPS) is 10.8. The summed E-state index contributed by atoms with van der Waals surface area (Å²) in [6.45, 7) is 3.83. The van der Waals surface area contributed by atoms with Crippen LogP contribution in [0.25, 0.3) is 16.9 Å². The van der Waals surface area contributed by atoms with Gasteiger partial charge in [0.1, 0.15) is 17.0 Å². The molecule has 41 heavy (non-hydrogen) atoms. The lowest BCUT2D eigenvalue weighted by atomic mass is 10.1. The molecule has 11 nitrogen and oxygen atoms in total. The Balaban J connectivity index is 1.88. The van der Waals surface area contributed by atoms with Crippen LogP contribution in [0.2, 0.25) is 0 Å². The Kier molecular flexibility index (Phi) is 9.08. The molecule has 0 saturated heterocycles. The first kappa shape index (κ1) is 28.9. The SMILES string of the molecule is CCCCC(=O)c1cc(CNc2c(C(=O)OC)cccc2[N+](=O)[O-])cc2nc(-c3ccccc3)c(C(=O)OCC)n12. The zero-order valence-corrected chi connectivity index (χ0v) is 23.0. The van der Waals surface area contributed by atoms with Crippen molar-refractivity contribution in [2.45, 2.75) is 39.7 Å². The highest BCUT2D eigenvalue weighted by molar-refractivity contribution is 6.01. The Morgan fingerprint density at radius 2 is 1.78 bits per heavy atom. The van der Waals surface area contributed by atoms with Gasteiger partial charge in [-0.05, 0) is 37.1 Å². The lowest BCUT2D eigenvalue weighted by Gasteiger charge is -2.14. The molecule has 0 fully saturated rings. The molecule has 0 saturated carbocycles. The second kappa shape index (κ2) is 12.9. The van der Waals surface area contributed by atoms with Crippen LogP contribution >= 0.6 is 0 Å². The third kappa shape index (κ3) is 6.08. The fraction of sp³-hybridized carbons (Fsp3) is 0.267. The predicted molar refractivity (Wildman–Crippen MR) is 152 cm³/mol. The van der Waals surface area contributed by atoms with Crippen molar-refractivity contribution in [3.8, 4) is 11.3 Å². The van der Waals surface area contributed by atoms with E-state index < -0.39 is 16.9 Å². The number of ether oxygens (including phenoxy) is 2. The lowest BCUT2D eigenvalue weighted by molar-refractivity contribution is -0.384. The van der Waals surface area contributed by atoms with E-state index in [0.717, 1.165) is 6.42 Å². The average Bonchev–Trinajstić information content (AvgIpc) is 3.38. The topological polar surface area (TPSA) is 142 Å². The van der Waals surface area contributed by atoms with Crippen LogP contribution in [0.1, 0.15) is 70.0 Å². The van der Waals surface area contributed by atoms with E-state index in [0.29, 0.717) is 28.9 Å². The number of methoxy groups -OCH3 is 1. The van der Waals surface area contributed by atoms with Crippen LogP contribution in [0.5, 0.6) is 0 Å². The number of pyridine rings is 1. The zero-order valence-electron chi connectivity index (χ0n) is 23.0. The van der Waals surface area contributed by atoms with Crippen LogP contribution in [0.15, 0.2) is 60.7 Å². The van der Waals surface area contributed by atoms with E-state index in [1.807, 2.05) is 37.3 Å². The summed E-state index contributed by atoms with van der Waals surface area (Å²) in [6, 6.07) is 16.5. The molecule has 4 rings (SSSR count). The van der Waals surface area contributed by atoms with Gasteiger partial charge in [0.2, 0.25) is 0 Å². The molecule has 2 aromatic carbocycles. The maximum atomic E-state index is 13.5. The number of hydrogen-bond donors (Lipinski definition) is 1. The molecule has 0 aliphatic rings. The van der Waals surface area contributed by atoms with Crippen molar-refractivity contribution < 1.29 is 28.8 Å². The number of nitro benzene ring substituents is 1. The minimum atomic E-state index is -0.734. The number of esters is 2. The molecule has 2 aromatic heterocycles. The number of aromatic nitrogens is 2. The number of ketones is 1. The van der Waals surface area contributed by atoms with Gasteiger partial charge in [0.15, 0.2) is 11.5 Å². The number of nitrogens with one attached hydrogen (secondary N) is 1. The van der Waals surface area contributed by atoms with Gasteiger partial charge in [0.05, 0.1) is 29.9 Å². The van der Waals surface area contributed by atoms with Crippen molar-refractivity contribution in [2.75, 3.05) is 19.0 Å². The fourth-order valence-corrected chi connectivity index (χ4v) is 4.53. The van der Waals surface area contributed by atoms with E-state index in [4.69, 9.17) is 14.5 Å². The Labute approximate surface area is 236 Å². The smallest absolute Gasteiger partial charge is 0.357 e. The standard InChI is InChI=1S/C30H30N4O7/c1-4-6-15-24(35)23-16-19(18-31-27-21(29(36)40-3)13-10-14-22(27)34(38)39)17-25-32-26(20-11-8-7-9-12-20)28(33(23)25)30(37)41-5-2/h7-14,16-17,31H,4-6,15,18H2,1-3H3. The molecule has 0 unspecified atom stereocenters. The number of imidazole rings is 1. The van der Waals surface area contributed by atoms with Crippen molar-refractivity contribution in [2.24, 2.45) is 0 Å². The molecule has 2 heterocycles. The number of benzene rings is 2. The van der Waals surface area contributed by atoms with E-state index in [1.54, 1.807) is 19.1 Å². The zero-order chi connectivity index (χ0) is 29.5. The molecule has 0 amide bonds. The van der Waals surface area contributed by atoms with Gasteiger partial charge >= 0.3 is 11.9 Å². The second-order valence-corrected chi connectivity index (χ2v) is 9.17. The molecule has 0 radical (unpaired) electrons. The van der Waals surface area contributed by atoms with Gasteiger partial charge in [0, 0.05) is 24.6 Å². The summed E-state index contributed by atoms with van der Waals surface area (Å²) in [5.74, 6) is -1.54. The summed E-state index contributed by atoms with van der Waals surface area (Å²) in [4.78, 5) is 54.9. The Morgan fingerprint density at radius 3 is 2.44 bits per heavy atom. The van der Waals surface area contributed by atoms with Crippen LogP contribution in [-0.4, -0.2) is 45.7 Å². The first-order valence-electron chi connectivity index (χ1n) is 13.2. The van der Waals surface area contributed by atoms with E-state index in [-0.39, 0.29) is 53.7 Å². The first-order chi connectivity index (χ1) is 19.8. The van der Waals surface area contributed by atoms with Gasteiger partial charge in [0.25, 0.3) is 5.69 Å². The van der Waals surface area contributed by atoms with Gasteiger partial charge in [-0.3, -0.25) is 19.3 Å². The summed E-state index contributed by atoms with van der Waals surface area (Å²) in [6.07, 6.45) is 1.70. The highest BCUT2D eigenvalue weighted by atomic mass is 16.6. The number of unbranched alkanes of at least 4 members (excludes halogenated alkanes) is 1. The number of anilines is 1. The van der Waals surface area contributed by atoms with Gasteiger partial charge in [-0.15, -0.1) is 0 Å². The Morgan fingerprint density at radius 1 is 1.02 bits per heavy atom. The number of rotatable bonds is 12. The highest BCUT2D eigenvalue weighted by Crippen LogP contribution is 2.31. The molecule has 0 spiro atoms. The number of hydrogen-bond acceptors (Lipinski definition) is 9. The molecular weight excluding hydrogens is 528 g/mol. The summed E-state index contributed by atoms with van der Waals surface area (Å²) in [5.41, 5.74) is 2.00. The monoisotopic (exact) mass is 558 g/mol. The third-order valence-electron chi connectivity index (χ3n) is 6.45. The lowest BCUT2D eigenvalue weighted by Crippen LogP contribution is -2.16. The van der Waals surface area contributed by atoms with Crippen LogP contribution in [-0.2, 0) is 16.0 Å². The number of carbonyl (C=O) groups excluding carboxylic acids is 3. The van der Waals surface area contributed by atoms with E-state index in [2.05, 4.69) is 5.32 Å². The number of Topliss-reactive ketones (excluding diaryl/α,β-unsaturated/α-hetero) is 1. The van der Waals surface area contributed by atoms with Gasteiger partial charge in [-0.1, -0.05) is 49.7 Å². The van der Waals surface area contributed by atoms with Crippen molar-refractivity contribution in [3.63, 3.8) is 0 Å². The molecule has 212 valence electrons. The largest absolute Gasteiger partial charge is 0.465 e. The molecule has 4 aromatic rings. The van der Waals surface area contributed by atoms with Crippen molar-refractivity contribution in [3.05, 3.63) is 93.3 Å². The van der Waals surface area contributed by atoms with Crippen molar-refractivity contribution in [1.29, 1.82) is 0 Å². The highest BCUT2D eigenvalue weighted by Gasteiger charge is 2.27. The summed E-state index contributed by atoms with van der Waals surface area (Å²) < 4.78 is 11.7. The van der Waals surface area contributed by atoms with E-state index >= 15 is 0 Å². The fourth-order valence-electron chi connectivity index (χ4n) is 4.53. The molecule has 11 heteroatoms. The predicted octanol–water partition coefficient (Wildman–Crippen LogP) is 5.86. The van der Waals surface area contributed by atoms with Gasteiger partial charge in [-0.2, -0.15) is 0 Å². The minimum Gasteiger partial charge on any atom is -0.465 e. The molecule has 0 aliphatic carbocycles. The van der Waals surface area contributed by atoms with E-state index in [9.17, 15) is 24.5 Å². The van der Waals surface area contributed by atoms with Crippen LogP contribution in [0, 0.1) is 10.1 Å². The molecule has 0 aliphatic heterocycles. The molecular formula is C30H30N4O7. The average molecular weight is 559 g/mol. The first-order valence-corrected chi connectivity index (χ1v) is 13.2. The molecule has 1 N–H and O–H groups in total. The second-order valence-electron chi connectivity index (χ2n) is 9.17. The molecule has 0 atom stereocenters. The number of para-hydroxylation sites is 1. The van der Waals surface area contributed by atoms with Crippen LogP contribution in [0.3, 0.4) is 0 Å². The Bertz CT molecular complexity index is 1610. The number of fused-ring (bicyclic) bond motifs is 1. The maximum Gasteiger partial charge on any atom is 0.357 e. The Hall–Kier alpha value is -5.06. The third-order valence-corrected chi connectivity index (χ3v) is 6.45. The van der Waals surface area contributed by atoms with Gasteiger partial charge in [-0.25, -0.2) is 14.6 Å². The van der Waals surface area contributed by atoms with Gasteiger partial charge < -0.3 is 14.8 Å². The summed E-state index contributed by atoms with van der Waals surface area (Å²) in [7, 11) is 1.19. The van der Waals surface area contributed by atoms with Crippen LogP contribution in [0.4, 0.5) is 11.4 Å². The minimum absolute atomic E-state index is 0.00111. The van der Waals surface area contributed by atoms with E-state index in [1.165, 1.54) is 29.7 Å². The van der Waals surface area contributed by atoms with Crippen LogP contribution < -0.4 is 5.32 Å². The number of nitrogens with zero attached hydrogens (tertiary/aromatic N) is 3. The molecule has 0 bridgehead atoms. The maximum absolute atomic E-state index is 13.5. The summed E-state index contributed by atoms with van der Waals surface area (Å²) in [5, 5.41) is 14.7. The quantitative estimate of drug-likeness (QED) is 0.0979. The summed E-state index contributed by atoms with van der Waals surface area (Å²) >= 11 is 0. The van der Waals surface area contributed by atoms with Crippen molar-refractivity contribution in [1.82, 2.24) is 9.38 Å². The number of nitro groups is 1. The van der Waals surface area contributed by atoms with Crippen molar-refractivity contribution >= 4 is 34.7 Å².